The first-order chi connectivity index (χ1) is 10.7. The molecule has 3 atom stereocenters. The number of rotatable bonds is 4. The molecule has 0 bridgehead atoms. The van der Waals surface area contributed by atoms with Gasteiger partial charge in [0, 0.05) is 18.4 Å². The molecule has 1 aliphatic heterocycles. The molecule has 1 saturated heterocycles. The van der Waals surface area contributed by atoms with E-state index in [2.05, 4.69) is 62.4 Å². The average molecular weight is 296 g/mol. The van der Waals surface area contributed by atoms with Gasteiger partial charge < -0.3 is 9.47 Å². The van der Waals surface area contributed by atoms with E-state index in [0.29, 0.717) is 18.4 Å². The minimum atomic E-state index is -0.443. The predicted molar refractivity (Wildman–Crippen MR) is 88.5 cm³/mol. The van der Waals surface area contributed by atoms with Crippen molar-refractivity contribution >= 4 is 0 Å². The zero-order valence-electron chi connectivity index (χ0n) is 13.5. The standard InChI is InChI=1S/C20H24O2/c1-4-21-19-15(2)16(3)20(22-19,17-11-7-5-8-12-17)18-13-9-6-10-14-18/h5-16,19H,4H2,1-3H3. The molecule has 2 aromatic carbocycles. The van der Waals surface area contributed by atoms with Crippen LogP contribution < -0.4 is 0 Å². The van der Waals surface area contributed by atoms with Crippen LogP contribution in [0.5, 0.6) is 0 Å². The summed E-state index contributed by atoms with van der Waals surface area (Å²) in [5.41, 5.74) is 1.95. The van der Waals surface area contributed by atoms with Gasteiger partial charge in [0.05, 0.1) is 0 Å². The van der Waals surface area contributed by atoms with Gasteiger partial charge in [-0.2, -0.15) is 0 Å². The molecule has 0 aliphatic carbocycles. The van der Waals surface area contributed by atoms with Crippen LogP contribution in [0.1, 0.15) is 31.9 Å². The Labute approximate surface area is 133 Å². The van der Waals surface area contributed by atoms with E-state index in [1.54, 1.807) is 0 Å². The maximum atomic E-state index is 6.56. The first-order valence-electron chi connectivity index (χ1n) is 8.10. The van der Waals surface area contributed by atoms with Crippen LogP contribution >= 0.6 is 0 Å². The maximum absolute atomic E-state index is 6.56. The summed E-state index contributed by atoms with van der Waals surface area (Å²) in [6, 6.07) is 21.0. The third-order valence-electron chi connectivity index (χ3n) is 4.90. The molecule has 3 unspecified atom stereocenters. The third-order valence-corrected chi connectivity index (χ3v) is 4.90. The highest BCUT2D eigenvalue weighted by atomic mass is 16.7. The number of hydrogen-bond donors (Lipinski definition) is 0. The fourth-order valence-electron chi connectivity index (χ4n) is 3.55. The van der Waals surface area contributed by atoms with Crippen LogP contribution in [-0.2, 0) is 15.1 Å². The van der Waals surface area contributed by atoms with Gasteiger partial charge in [0.2, 0.25) is 0 Å². The van der Waals surface area contributed by atoms with E-state index in [0.717, 1.165) is 0 Å². The van der Waals surface area contributed by atoms with Crippen LogP contribution in [0.15, 0.2) is 60.7 Å². The number of benzene rings is 2. The molecule has 1 aliphatic rings. The topological polar surface area (TPSA) is 18.5 Å². The van der Waals surface area contributed by atoms with E-state index in [-0.39, 0.29) is 6.29 Å². The van der Waals surface area contributed by atoms with Crippen molar-refractivity contribution in [2.75, 3.05) is 6.61 Å². The summed E-state index contributed by atoms with van der Waals surface area (Å²) in [6.07, 6.45) is -0.166. The molecule has 116 valence electrons. The van der Waals surface area contributed by atoms with E-state index < -0.39 is 5.60 Å². The van der Waals surface area contributed by atoms with Crippen LogP contribution in [0, 0.1) is 11.8 Å². The number of ether oxygens (including phenoxy) is 2. The van der Waals surface area contributed by atoms with Crippen molar-refractivity contribution < 1.29 is 9.47 Å². The molecule has 0 spiro atoms. The van der Waals surface area contributed by atoms with Crippen LogP contribution in [0.2, 0.25) is 0 Å². The van der Waals surface area contributed by atoms with Crippen molar-refractivity contribution in [2.45, 2.75) is 32.7 Å². The molecule has 2 aromatic rings. The van der Waals surface area contributed by atoms with Crippen molar-refractivity contribution in [2.24, 2.45) is 11.8 Å². The van der Waals surface area contributed by atoms with Crippen molar-refractivity contribution in [1.82, 2.24) is 0 Å². The maximum Gasteiger partial charge on any atom is 0.162 e. The van der Waals surface area contributed by atoms with Crippen LogP contribution in [0.4, 0.5) is 0 Å². The highest BCUT2D eigenvalue weighted by Gasteiger charge is 2.53. The molecule has 2 heteroatoms. The second-order valence-corrected chi connectivity index (χ2v) is 6.06. The Morgan fingerprint density at radius 3 is 1.86 bits per heavy atom. The molecule has 0 aromatic heterocycles. The molecule has 22 heavy (non-hydrogen) atoms. The summed E-state index contributed by atoms with van der Waals surface area (Å²) in [5.74, 6) is 0.661. The molecule has 3 rings (SSSR count). The Kier molecular flexibility index (Phi) is 4.32. The Balaban J connectivity index is 2.13. The highest BCUT2D eigenvalue weighted by molar-refractivity contribution is 5.38. The van der Waals surface area contributed by atoms with E-state index in [1.807, 2.05) is 19.1 Å². The number of hydrogen-bond acceptors (Lipinski definition) is 2. The molecule has 0 amide bonds. The highest BCUT2D eigenvalue weighted by Crippen LogP contribution is 2.51. The van der Waals surface area contributed by atoms with Gasteiger partial charge >= 0.3 is 0 Å². The van der Waals surface area contributed by atoms with E-state index >= 15 is 0 Å². The fraction of sp³-hybridized carbons (Fsp3) is 0.400. The quantitative estimate of drug-likeness (QED) is 0.821. The lowest BCUT2D eigenvalue weighted by Crippen LogP contribution is -2.34. The average Bonchev–Trinajstić information content (AvgIpc) is 2.83. The van der Waals surface area contributed by atoms with Crippen molar-refractivity contribution in [1.29, 1.82) is 0 Å². The largest absolute Gasteiger partial charge is 0.353 e. The van der Waals surface area contributed by atoms with Crippen molar-refractivity contribution in [3.8, 4) is 0 Å². The van der Waals surface area contributed by atoms with E-state index in [4.69, 9.17) is 9.47 Å². The molecule has 1 fully saturated rings. The van der Waals surface area contributed by atoms with Gasteiger partial charge in [-0.1, -0.05) is 74.5 Å². The van der Waals surface area contributed by atoms with Crippen LogP contribution in [0.25, 0.3) is 0 Å². The monoisotopic (exact) mass is 296 g/mol. The van der Waals surface area contributed by atoms with Crippen LogP contribution in [0.3, 0.4) is 0 Å². The van der Waals surface area contributed by atoms with Gasteiger partial charge in [-0.15, -0.1) is 0 Å². The van der Waals surface area contributed by atoms with Gasteiger partial charge in [-0.3, -0.25) is 0 Å². The molecule has 2 nitrogen and oxygen atoms in total. The molecular formula is C20H24O2. The van der Waals surface area contributed by atoms with Crippen molar-refractivity contribution in [3.05, 3.63) is 71.8 Å². The smallest absolute Gasteiger partial charge is 0.162 e. The minimum Gasteiger partial charge on any atom is -0.353 e. The molecule has 0 saturated carbocycles. The molecule has 0 N–H and O–H groups in total. The zero-order valence-corrected chi connectivity index (χ0v) is 13.5. The first kappa shape index (κ1) is 15.3. The SMILES string of the molecule is CCOC1OC(c2ccccc2)(c2ccccc2)C(C)C1C. The normalized spacial score (nSPS) is 27.0. The van der Waals surface area contributed by atoms with Gasteiger partial charge in [0.1, 0.15) is 5.60 Å². The van der Waals surface area contributed by atoms with Gasteiger partial charge in [0.15, 0.2) is 6.29 Å². The Morgan fingerprint density at radius 2 is 1.41 bits per heavy atom. The summed E-state index contributed by atoms with van der Waals surface area (Å²) in [4.78, 5) is 0. The minimum absolute atomic E-state index is 0.166. The summed E-state index contributed by atoms with van der Waals surface area (Å²) < 4.78 is 12.4. The lowest BCUT2D eigenvalue weighted by Gasteiger charge is -2.34. The van der Waals surface area contributed by atoms with Crippen molar-refractivity contribution in [3.63, 3.8) is 0 Å². The Hall–Kier alpha value is -1.64. The van der Waals surface area contributed by atoms with Gasteiger partial charge in [-0.05, 0) is 18.1 Å². The first-order valence-corrected chi connectivity index (χ1v) is 8.10. The molecular weight excluding hydrogens is 272 g/mol. The summed E-state index contributed by atoms with van der Waals surface area (Å²) in [5, 5.41) is 0. The zero-order chi connectivity index (χ0) is 15.6. The lowest BCUT2D eigenvalue weighted by molar-refractivity contribution is -0.169. The predicted octanol–water partition coefficient (Wildman–Crippen LogP) is 4.60. The lowest BCUT2D eigenvalue weighted by atomic mass is 9.74. The van der Waals surface area contributed by atoms with Gasteiger partial charge in [0.25, 0.3) is 0 Å². The second-order valence-electron chi connectivity index (χ2n) is 6.06. The van der Waals surface area contributed by atoms with E-state index in [1.165, 1.54) is 11.1 Å². The summed E-state index contributed by atoms with van der Waals surface area (Å²) >= 11 is 0. The Morgan fingerprint density at radius 1 is 0.909 bits per heavy atom. The summed E-state index contributed by atoms with van der Waals surface area (Å²) in [6.45, 7) is 7.18. The Bertz CT molecular complexity index is 554. The third kappa shape index (κ3) is 2.37. The molecule has 0 radical (unpaired) electrons. The summed E-state index contributed by atoms with van der Waals surface area (Å²) in [7, 11) is 0. The second kappa shape index (κ2) is 6.23. The van der Waals surface area contributed by atoms with E-state index in [9.17, 15) is 0 Å². The fourth-order valence-corrected chi connectivity index (χ4v) is 3.55. The van der Waals surface area contributed by atoms with Crippen LogP contribution in [-0.4, -0.2) is 12.9 Å². The molecule has 1 heterocycles. The van der Waals surface area contributed by atoms with Gasteiger partial charge in [-0.25, -0.2) is 0 Å².